The van der Waals surface area contributed by atoms with Gasteiger partial charge in [-0.1, -0.05) is 13.8 Å². The van der Waals surface area contributed by atoms with Gasteiger partial charge in [0.2, 0.25) is 10.0 Å². The molecule has 0 fully saturated rings. The Morgan fingerprint density at radius 1 is 1.29 bits per heavy atom. The van der Waals surface area contributed by atoms with Gasteiger partial charge in [0.25, 0.3) is 0 Å². The minimum atomic E-state index is -3.12. The molecule has 8 heteroatoms. The highest BCUT2D eigenvalue weighted by atomic mass is 32.2. The summed E-state index contributed by atoms with van der Waals surface area (Å²) in [6, 6.07) is 3.81. The molecule has 0 aliphatic heterocycles. The molecule has 0 bridgehead atoms. The van der Waals surface area contributed by atoms with E-state index in [-0.39, 0.29) is 5.75 Å². The van der Waals surface area contributed by atoms with E-state index < -0.39 is 10.0 Å². The third-order valence-electron chi connectivity index (χ3n) is 3.13. The predicted molar refractivity (Wildman–Crippen MR) is 85.0 cm³/mol. The van der Waals surface area contributed by atoms with Crippen molar-refractivity contribution in [1.29, 1.82) is 0 Å². The number of nitrogens with zero attached hydrogens (tertiary/aromatic N) is 4. The van der Waals surface area contributed by atoms with Crippen LogP contribution in [0.2, 0.25) is 0 Å². The Balaban J connectivity index is 1.84. The molecular formula is C13H20N4O2S2. The van der Waals surface area contributed by atoms with E-state index >= 15 is 0 Å². The fourth-order valence-corrected chi connectivity index (χ4v) is 4.58. The molecular weight excluding hydrogens is 308 g/mol. The number of fused-ring (bicyclic) bond motifs is 1. The lowest BCUT2D eigenvalue weighted by atomic mass is 10.6. The van der Waals surface area contributed by atoms with E-state index in [1.807, 2.05) is 26.0 Å². The summed E-state index contributed by atoms with van der Waals surface area (Å²) in [7, 11) is -3.12. The van der Waals surface area contributed by atoms with Crippen LogP contribution in [0, 0.1) is 0 Å². The van der Waals surface area contributed by atoms with Crippen molar-refractivity contribution in [3.8, 4) is 0 Å². The third-order valence-corrected chi connectivity index (χ3v) is 6.24. The first-order valence-electron chi connectivity index (χ1n) is 6.98. The van der Waals surface area contributed by atoms with Crippen molar-refractivity contribution in [2.24, 2.45) is 0 Å². The van der Waals surface area contributed by atoms with Crippen molar-refractivity contribution < 1.29 is 8.42 Å². The molecule has 2 rings (SSSR count). The van der Waals surface area contributed by atoms with Crippen molar-refractivity contribution in [3.63, 3.8) is 0 Å². The molecule has 0 saturated heterocycles. The number of imidazole rings is 1. The number of sulfonamides is 1. The van der Waals surface area contributed by atoms with Gasteiger partial charge in [-0.15, -0.1) is 11.8 Å². The quantitative estimate of drug-likeness (QED) is 0.547. The number of thioether (sulfide) groups is 1. The maximum atomic E-state index is 12.0. The standard InChI is InChI=1S/C13H20N4O2S2/c1-3-16(4-2)21(18,19)11-5-10-20-13-7-6-12-14-8-9-17(12)15-13/h6-9H,3-5,10-11H2,1-2H3. The molecule has 0 aromatic carbocycles. The number of rotatable bonds is 8. The van der Waals surface area contributed by atoms with Crippen LogP contribution < -0.4 is 0 Å². The Bertz CT molecular complexity index is 680. The first-order valence-corrected chi connectivity index (χ1v) is 9.57. The summed E-state index contributed by atoms with van der Waals surface area (Å²) in [5.74, 6) is 0.919. The van der Waals surface area contributed by atoms with Crippen LogP contribution in [0.3, 0.4) is 0 Å². The molecule has 21 heavy (non-hydrogen) atoms. The summed E-state index contributed by atoms with van der Waals surface area (Å²) < 4.78 is 27.3. The molecule has 0 radical (unpaired) electrons. The van der Waals surface area contributed by atoms with Gasteiger partial charge in [-0.2, -0.15) is 5.10 Å². The normalized spacial score (nSPS) is 12.3. The summed E-state index contributed by atoms with van der Waals surface area (Å²) in [5.41, 5.74) is 0.809. The van der Waals surface area contributed by atoms with Gasteiger partial charge in [-0.3, -0.25) is 0 Å². The van der Waals surface area contributed by atoms with Gasteiger partial charge in [0, 0.05) is 31.2 Å². The molecule has 0 aliphatic rings. The zero-order chi connectivity index (χ0) is 15.3. The minimum Gasteiger partial charge on any atom is -0.236 e. The second kappa shape index (κ2) is 7.24. The Hall–Kier alpha value is -1.12. The van der Waals surface area contributed by atoms with Crippen LogP contribution in [0.1, 0.15) is 20.3 Å². The second-order valence-corrected chi connectivity index (χ2v) is 7.71. The molecule has 6 nitrogen and oxygen atoms in total. The zero-order valence-electron chi connectivity index (χ0n) is 12.3. The summed E-state index contributed by atoms with van der Waals surface area (Å²) in [6.07, 6.45) is 4.12. The van der Waals surface area contributed by atoms with Crippen molar-refractivity contribution in [3.05, 3.63) is 24.5 Å². The first kappa shape index (κ1) is 16.3. The van der Waals surface area contributed by atoms with E-state index in [0.717, 1.165) is 16.4 Å². The SMILES string of the molecule is CCN(CC)S(=O)(=O)CCCSc1ccc2nccn2n1. The van der Waals surface area contributed by atoms with Crippen LogP contribution in [0.4, 0.5) is 0 Å². The topological polar surface area (TPSA) is 67.6 Å². The van der Waals surface area contributed by atoms with Crippen LogP contribution in [-0.2, 0) is 10.0 Å². The van der Waals surface area contributed by atoms with E-state index in [1.165, 1.54) is 4.31 Å². The Morgan fingerprint density at radius 3 is 2.76 bits per heavy atom. The van der Waals surface area contributed by atoms with Crippen LogP contribution >= 0.6 is 11.8 Å². The Labute approximate surface area is 129 Å². The third kappa shape index (κ3) is 4.18. The summed E-state index contributed by atoms with van der Waals surface area (Å²) in [6.45, 7) is 4.79. The second-order valence-electron chi connectivity index (χ2n) is 4.50. The molecule has 2 heterocycles. The van der Waals surface area contributed by atoms with Crippen LogP contribution in [0.5, 0.6) is 0 Å². The fraction of sp³-hybridized carbons (Fsp3) is 0.538. The lowest BCUT2D eigenvalue weighted by Crippen LogP contribution is -2.32. The molecule has 0 saturated carbocycles. The number of hydrogen-bond donors (Lipinski definition) is 0. The average Bonchev–Trinajstić information content (AvgIpc) is 2.92. The summed E-state index contributed by atoms with van der Waals surface area (Å²) in [5, 5.41) is 5.27. The van der Waals surface area contributed by atoms with Gasteiger partial charge < -0.3 is 0 Å². The molecule has 0 spiro atoms. The largest absolute Gasteiger partial charge is 0.236 e. The smallest absolute Gasteiger partial charge is 0.214 e. The van der Waals surface area contributed by atoms with Crippen LogP contribution in [0.25, 0.3) is 5.65 Å². The maximum absolute atomic E-state index is 12.0. The molecule has 0 atom stereocenters. The van der Waals surface area contributed by atoms with Crippen molar-refractivity contribution in [2.45, 2.75) is 25.3 Å². The lowest BCUT2D eigenvalue weighted by molar-refractivity contribution is 0.445. The Kier molecular flexibility index (Phi) is 5.60. The van der Waals surface area contributed by atoms with Gasteiger partial charge in [0.1, 0.15) is 5.03 Å². The van der Waals surface area contributed by atoms with Gasteiger partial charge in [0.15, 0.2) is 5.65 Å². The average molecular weight is 328 g/mol. The molecule has 2 aromatic rings. The zero-order valence-corrected chi connectivity index (χ0v) is 13.9. The van der Waals surface area contributed by atoms with E-state index in [1.54, 1.807) is 28.7 Å². The van der Waals surface area contributed by atoms with Gasteiger partial charge in [0.05, 0.1) is 5.75 Å². The van der Waals surface area contributed by atoms with E-state index in [2.05, 4.69) is 10.1 Å². The van der Waals surface area contributed by atoms with Gasteiger partial charge >= 0.3 is 0 Å². The highest BCUT2D eigenvalue weighted by Crippen LogP contribution is 2.17. The van der Waals surface area contributed by atoms with Crippen LogP contribution in [0.15, 0.2) is 29.6 Å². The maximum Gasteiger partial charge on any atom is 0.214 e. The molecule has 0 N–H and O–H groups in total. The molecule has 116 valence electrons. The van der Waals surface area contributed by atoms with E-state index in [9.17, 15) is 8.42 Å². The summed E-state index contributed by atoms with van der Waals surface area (Å²) in [4.78, 5) is 4.13. The molecule has 0 aliphatic carbocycles. The fourth-order valence-electron chi connectivity index (χ4n) is 2.04. The highest BCUT2D eigenvalue weighted by molar-refractivity contribution is 7.99. The number of aromatic nitrogens is 3. The molecule has 0 amide bonds. The predicted octanol–water partition coefficient (Wildman–Crippen LogP) is 1.88. The monoisotopic (exact) mass is 328 g/mol. The van der Waals surface area contributed by atoms with Crippen molar-refractivity contribution in [1.82, 2.24) is 18.9 Å². The minimum absolute atomic E-state index is 0.189. The first-order chi connectivity index (χ1) is 10.1. The van der Waals surface area contributed by atoms with Crippen LogP contribution in [-0.4, -0.2) is 51.9 Å². The van der Waals surface area contributed by atoms with E-state index in [0.29, 0.717) is 19.5 Å². The van der Waals surface area contributed by atoms with Gasteiger partial charge in [-0.25, -0.2) is 22.2 Å². The molecule has 2 aromatic heterocycles. The Morgan fingerprint density at radius 2 is 2.05 bits per heavy atom. The lowest BCUT2D eigenvalue weighted by Gasteiger charge is -2.17. The van der Waals surface area contributed by atoms with Gasteiger partial charge in [-0.05, 0) is 18.6 Å². The highest BCUT2D eigenvalue weighted by Gasteiger charge is 2.17. The van der Waals surface area contributed by atoms with Crippen molar-refractivity contribution >= 4 is 27.4 Å². The molecule has 0 unspecified atom stereocenters. The summed E-state index contributed by atoms with van der Waals surface area (Å²) >= 11 is 1.56. The van der Waals surface area contributed by atoms with Crippen molar-refractivity contribution in [2.75, 3.05) is 24.6 Å². The van der Waals surface area contributed by atoms with E-state index in [4.69, 9.17) is 0 Å². The number of hydrogen-bond acceptors (Lipinski definition) is 5.